The first-order chi connectivity index (χ1) is 10.2. The predicted octanol–water partition coefficient (Wildman–Crippen LogP) is 2.01. The molecular weight excluding hydrogens is 266 g/mol. The van der Waals surface area contributed by atoms with Crippen LogP contribution >= 0.6 is 0 Å². The Kier molecular flexibility index (Phi) is 3.84. The van der Waals surface area contributed by atoms with Crippen LogP contribution < -0.4 is 0 Å². The van der Waals surface area contributed by atoms with Crippen LogP contribution in [0, 0.1) is 0 Å². The molecule has 3 rings (SSSR count). The van der Waals surface area contributed by atoms with Gasteiger partial charge in [0.2, 0.25) is 0 Å². The molecule has 5 nitrogen and oxygen atoms in total. The minimum Gasteiger partial charge on any atom is -0.391 e. The standard InChI is InChI=1S/C16H19N3O2/c1-19(14-8-4-5-9-15(14)20)16(21)13-10-17-11-6-2-3-7-12(11)18-13/h2-3,6-7,10,14-15,20H,4-5,8-9H2,1H3. The van der Waals surface area contributed by atoms with Gasteiger partial charge in [-0.1, -0.05) is 25.0 Å². The largest absolute Gasteiger partial charge is 0.391 e. The second kappa shape index (κ2) is 5.77. The SMILES string of the molecule is CN(C(=O)c1cnc2ccccc2n1)C1CCCCC1O. The normalized spacial score (nSPS) is 22.2. The molecule has 0 bridgehead atoms. The third kappa shape index (κ3) is 2.74. The molecule has 1 amide bonds. The van der Waals surface area contributed by atoms with Crippen molar-refractivity contribution < 1.29 is 9.90 Å². The molecule has 0 radical (unpaired) electrons. The van der Waals surface area contributed by atoms with Gasteiger partial charge in [-0.15, -0.1) is 0 Å². The highest BCUT2D eigenvalue weighted by Gasteiger charge is 2.30. The first-order valence-electron chi connectivity index (χ1n) is 7.34. The van der Waals surface area contributed by atoms with Crippen LogP contribution in [0.1, 0.15) is 36.2 Å². The second-order valence-electron chi connectivity index (χ2n) is 5.58. The predicted molar refractivity (Wildman–Crippen MR) is 79.9 cm³/mol. The number of carbonyl (C=O) groups excluding carboxylic acids is 1. The molecule has 2 unspecified atom stereocenters. The van der Waals surface area contributed by atoms with Gasteiger partial charge in [-0.25, -0.2) is 4.98 Å². The zero-order valence-electron chi connectivity index (χ0n) is 12.1. The van der Waals surface area contributed by atoms with Crippen LogP contribution in [-0.4, -0.2) is 45.1 Å². The van der Waals surface area contributed by atoms with E-state index in [4.69, 9.17) is 0 Å². The number of hydrogen-bond acceptors (Lipinski definition) is 4. The smallest absolute Gasteiger partial charge is 0.274 e. The van der Waals surface area contributed by atoms with Crippen LogP contribution in [0.2, 0.25) is 0 Å². The van der Waals surface area contributed by atoms with E-state index in [0.29, 0.717) is 11.2 Å². The summed E-state index contributed by atoms with van der Waals surface area (Å²) in [5.41, 5.74) is 1.81. The zero-order chi connectivity index (χ0) is 14.8. The third-order valence-corrected chi connectivity index (χ3v) is 4.18. The van der Waals surface area contributed by atoms with Crippen LogP contribution in [0.5, 0.6) is 0 Å². The molecule has 21 heavy (non-hydrogen) atoms. The van der Waals surface area contributed by atoms with Crippen molar-refractivity contribution >= 4 is 16.9 Å². The number of rotatable bonds is 2. The summed E-state index contributed by atoms with van der Waals surface area (Å²) in [4.78, 5) is 22.8. The first kappa shape index (κ1) is 13.9. The molecule has 1 aliphatic rings. The minimum absolute atomic E-state index is 0.125. The van der Waals surface area contributed by atoms with Gasteiger partial charge >= 0.3 is 0 Å². The first-order valence-corrected chi connectivity index (χ1v) is 7.34. The summed E-state index contributed by atoms with van der Waals surface area (Å²) in [5, 5.41) is 10.1. The number of carbonyl (C=O) groups is 1. The van der Waals surface area contributed by atoms with E-state index >= 15 is 0 Å². The number of fused-ring (bicyclic) bond motifs is 1. The molecule has 1 saturated carbocycles. The summed E-state index contributed by atoms with van der Waals surface area (Å²) in [6.45, 7) is 0. The van der Waals surface area contributed by atoms with Crippen LogP contribution in [0.4, 0.5) is 0 Å². The van der Waals surface area contributed by atoms with E-state index in [1.54, 1.807) is 11.9 Å². The number of hydrogen-bond donors (Lipinski definition) is 1. The Morgan fingerprint density at radius 1 is 1.24 bits per heavy atom. The van der Waals surface area contributed by atoms with Crippen LogP contribution in [0.3, 0.4) is 0 Å². The van der Waals surface area contributed by atoms with Crippen molar-refractivity contribution in [3.8, 4) is 0 Å². The Balaban J connectivity index is 1.85. The van der Waals surface area contributed by atoms with Gasteiger partial charge in [-0.3, -0.25) is 9.78 Å². The Labute approximate surface area is 123 Å². The lowest BCUT2D eigenvalue weighted by Gasteiger charge is -2.34. The molecule has 1 aliphatic carbocycles. The molecule has 1 aromatic heterocycles. The number of nitrogens with zero attached hydrogens (tertiary/aromatic N) is 3. The van der Waals surface area contributed by atoms with E-state index in [0.717, 1.165) is 31.2 Å². The quantitative estimate of drug-likeness (QED) is 0.916. The molecular formula is C16H19N3O2. The van der Waals surface area contributed by atoms with Crippen molar-refractivity contribution in [2.75, 3.05) is 7.05 Å². The highest BCUT2D eigenvalue weighted by Crippen LogP contribution is 2.23. The van der Waals surface area contributed by atoms with Crippen molar-refractivity contribution in [1.82, 2.24) is 14.9 Å². The van der Waals surface area contributed by atoms with Crippen molar-refractivity contribution in [3.05, 3.63) is 36.2 Å². The monoisotopic (exact) mass is 285 g/mol. The lowest BCUT2D eigenvalue weighted by molar-refractivity contribution is 0.0264. The molecule has 2 atom stereocenters. The van der Waals surface area contributed by atoms with Gasteiger partial charge in [0.25, 0.3) is 5.91 Å². The van der Waals surface area contributed by atoms with Gasteiger partial charge in [0.1, 0.15) is 5.69 Å². The number of aliphatic hydroxyl groups is 1. The van der Waals surface area contributed by atoms with Gasteiger partial charge in [-0.05, 0) is 25.0 Å². The average molecular weight is 285 g/mol. The average Bonchev–Trinajstić information content (AvgIpc) is 2.53. The van der Waals surface area contributed by atoms with Crippen LogP contribution in [-0.2, 0) is 0 Å². The zero-order valence-corrected chi connectivity index (χ0v) is 12.1. The number of amides is 1. The Bertz CT molecular complexity index is 659. The topological polar surface area (TPSA) is 66.3 Å². The summed E-state index contributed by atoms with van der Waals surface area (Å²) in [7, 11) is 1.73. The maximum Gasteiger partial charge on any atom is 0.274 e. The van der Waals surface area contributed by atoms with Crippen LogP contribution in [0.25, 0.3) is 11.0 Å². The van der Waals surface area contributed by atoms with E-state index in [9.17, 15) is 9.90 Å². The van der Waals surface area contributed by atoms with E-state index in [-0.39, 0.29) is 11.9 Å². The Hall–Kier alpha value is -2.01. The van der Waals surface area contributed by atoms with Crippen molar-refractivity contribution in [1.29, 1.82) is 0 Å². The molecule has 1 aromatic carbocycles. The van der Waals surface area contributed by atoms with Gasteiger partial charge in [0, 0.05) is 7.05 Å². The Morgan fingerprint density at radius 2 is 1.95 bits per heavy atom. The molecule has 0 spiro atoms. The fourth-order valence-electron chi connectivity index (χ4n) is 2.94. The van der Waals surface area contributed by atoms with Gasteiger partial charge in [0.05, 0.1) is 29.4 Å². The molecule has 1 heterocycles. The van der Waals surface area contributed by atoms with Gasteiger partial charge in [0.15, 0.2) is 0 Å². The van der Waals surface area contributed by atoms with Crippen molar-refractivity contribution in [2.45, 2.75) is 37.8 Å². The molecule has 1 N–H and O–H groups in total. The van der Waals surface area contributed by atoms with Crippen molar-refractivity contribution in [2.24, 2.45) is 0 Å². The number of benzene rings is 1. The summed E-state index contributed by atoms with van der Waals surface area (Å²) >= 11 is 0. The lowest BCUT2D eigenvalue weighted by Crippen LogP contribution is -2.46. The third-order valence-electron chi connectivity index (χ3n) is 4.18. The molecule has 2 aromatic rings. The Morgan fingerprint density at radius 3 is 2.71 bits per heavy atom. The number of aliphatic hydroxyl groups excluding tert-OH is 1. The second-order valence-corrected chi connectivity index (χ2v) is 5.58. The minimum atomic E-state index is -0.443. The highest BCUT2D eigenvalue weighted by atomic mass is 16.3. The maximum atomic E-state index is 12.5. The van der Waals surface area contributed by atoms with E-state index in [1.807, 2.05) is 24.3 Å². The maximum absolute atomic E-state index is 12.5. The van der Waals surface area contributed by atoms with Gasteiger partial charge in [-0.2, -0.15) is 0 Å². The van der Waals surface area contributed by atoms with Gasteiger partial charge < -0.3 is 10.0 Å². The number of likely N-dealkylation sites (N-methyl/N-ethyl adjacent to an activating group) is 1. The van der Waals surface area contributed by atoms with E-state index < -0.39 is 6.10 Å². The molecule has 1 fully saturated rings. The summed E-state index contributed by atoms with van der Waals surface area (Å²) < 4.78 is 0. The summed E-state index contributed by atoms with van der Waals surface area (Å²) in [6.07, 6.45) is 4.73. The van der Waals surface area contributed by atoms with E-state index in [1.165, 1.54) is 6.20 Å². The highest BCUT2D eigenvalue weighted by molar-refractivity contribution is 5.93. The lowest BCUT2D eigenvalue weighted by atomic mass is 9.91. The molecule has 110 valence electrons. The molecule has 0 aliphatic heterocycles. The number of para-hydroxylation sites is 2. The molecule has 0 saturated heterocycles. The fraction of sp³-hybridized carbons (Fsp3) is 0.438. The van der Waals surface area contributed by atoms with Crippen molar-refractivity contribution in [3.63, 3.8) is 0 Å². The van der Waals surface area contributed by atoms with Crippen LogP contribution in [0.15, 0.2) is 30.5 Å². The summed E-state index contributed by atoms with van der Waals surface area (Å²) in [5.74, 6) is -0.181. The fourth-order valence-corrected chi connectivity index (χ4v) is 2.94. The number of aromatic nitrogens is 2. The van der Waals surface area contributed by atoms with E-state index in [2.05, 4.69) is 9.97 Å². The summed E-state index contributed by atoms with van der Waals surface area (Å²) in [6, 6.07) is 7.35. The molecule has 5 heteroatoms.